The predicted molar refractivity (Wildman–Crippen MR) is 90.4 cm³/mol. The van der Waals surface area contributed by atoms with Crippen LogP contribution in [0.2, 0.25) is 0 Å². The average Bonchev–Trinajstić information content (AvgIpc) is 2.61. The fourth-order valence-electron chi connectivity index (χ4n) is 2.30. The Labute approximate surface area is 137 Å². The van der Waals surface area contributed by atoms with E-state index in [1.807, 2.05) is 12.1 Å². The van der Waals surface area contributed by atoms with Crippen LogP contribution in [0.15, 0.2) is 42.7 Å². The van der Waals surface area contributed by atoms with Crippen LogP contribution in [0.25, 0.3) is 10.9 Å². The Kier molecular flexibility index (Phi) is 3.95. The molecule has 0 bridgehead atoms. The van der Waals surface area contributed by atoms with E-state index in [2.05, 4.69) is 21.2 Å². The van der Waals surface area contributed by atoms with Crippen molar-refractivity contribution in [1.82, 2.24) is 9.97 Å². The second-order valence-electron chi connectivity index (χ2n) is 4.87. The normalized spacial score (nSPS) is 10.2. The van der Waals surface area contributed by atoms with Crippen molar-refractivity contribution in [1.29, 1.82) is 0 Å². The van der Waals surface area contributed by atoms with Crippen LogP contribution in [-0.4, -0.2) is 22.0 Å². The van der Waals surface area contributed by atoms with E-state index in [0.717, 1.165) is 5.69 Å². The van der Waals surface area contributed by atoms with Crippen LogP contribution in [0.3, 0.4) is 0 Å². The molecule has 0 unspecified atom stereocenters. The third-order valence-corrected chi connectivity index (χ3v) is 3.42. The summed E-state index contributed by atoms with van der Waals surface area (Å²) in [6, 6.07) is 10.1. The topological polar surface area (TPSA) is 90.2 Å². The molecule has 0 aliphatic carbocycles. The molecule has 0 atom stereocenters. The summed E-state index contributed by atoms with van der Waals surface area (Å²) >= 11 is 0. The first-order valence-corrected chi connectivity index (χ1v) is 6.93. The van der Waals surface area contributed by atoms with Gasteiger partial charge in [0.1, 0.15) is 12.1 Å². The van der Waals surface area contributed by atoms with Gasteiger partial charge >= 0.3 is 5.69 Å². The predicted octanol–water partition coefficient (Wildman–Crippen LogP) is 3.27. The number of aromatic nitrogens is 2. The number of nitro groups is 1. The number of ether oxygens (including phenoxy) is 1. The third kappa shape index (κ3) is 2.80. The van der Waals surface area contributed by atoms with E-state index in [9.17, 15) is 10.1 Å². The number of rotatable bonds is 4. The molecule has 0 spiro atoms. The van der Waals surface area contributed by atoms with Crippen molar-refractivity contribution < 1.29 is 9.66 Å². The summed E-state index contributed by atoms with van der Waals surface area (Å²) in [7, 11) is 1.37. The molecular formula is C17H12N4O3. The summed E-state index contributed by atoms with van der Waals surface area (Å²) in [5.41, 5.74) is 1.82. The number of terminal acetylenes is 1. The highest BCUT2D eigenvalue weighted by Crippen LogP contribution is 2.34. The molecular weight excluding hydrogens is 308 g/mol. The van der Waals surface area contributed by atoms with E-state index in [4.69, 9.17) is 11.2 Å². The standard InChI is InChI=1S/C17H12N4O3/c1-3-11-5-4-6-12(7-11)20-17-13-8-15(21(22)23)16(24-2)9-14(13)18-10-19-17/h1,4-10H,2H3,(H,18,19,20). The number of hydrogen-bond donors (Lipinski definition) is 1. The zero-order valence-electron chi connectivity index (χ0n) is 12.7. The number of benzene rings is 2. The second-order valence-corrected chi connectivity index (χ2v) is 4.87. The molecule has 1 N–H and O–H groups in total. The Morgan fingerprint density at radius 1 is 1.29 bits per heavy atom. The maximum atomic E-state index is 11.2. The van der Waals surface area contributed by atoms with Crippen molar-refractivity contribution >= 4 is 28.1 Å². The highest BCUT2D eigenvalue weighted by molar-refractivity contribution is 5.93. The minimum atomic E-state index is -0.506. The Morgan fingerprint density at radius 2 is 2.12 bits per heavy atom. The molecule has 0 radical (unpaired) electrons. The lowest BCUT2D eigenvalue weighted by atomic mass is 10.1. The number of fused-ring (bicyclic) bond motifs is 1. The minimum Gasteiger partial charge on any atom is -0.490 e. The van der Waals surface area contributed by atoms with E-state index in [-0.39, 0.29) is 11.4 Å². The Hall–Kier alpha value is -3.66. The monoisotopic (exact) mass is 320 g/mol. The maximum absolute atomic E-state index is 11.2. The minimum absolute atomic E-state index is 0.145. The first kappa shape index (κ1) is 15.2. The van der Waals surface area contributed by atoms with Gasteiger partial charge in [0.2, 0.25) is 0 Å². The van der Waals surface area contributed by atoms with E-state index >= 15 is 0 Å². The number of anilines is 2. The van der Waals surface area contributed by atoms with Gasteiger partial charge in [0, 0.05) is 23.4 Å². The van der Waals surface area contributed by atoms with Crippen LogP contribution >= 0.6 is 0 Å². The lowest BCUT2D eigenvalue weighted by molar-refractivity contribution is -0.385. The molecule has 24 heavy (non-hydrogen) atoms. The summed E-state index contributed by atoms with van der Waals surface area (Å²) in [4.78, 5) is 19.0. The molecule has 2 aromatic carbocycles. The van der Waals surface area contributed by atoms with Gasteiger partial charge in [0.25, 0.3) is 0 Å². The summed E-state index contributed by atoms with van der Waals surface area (Å²) in [6.07, 6.45) is 6.77. The maximum Gasteiger partial charge on any atom is 0.311 e. The fourth-order valence-corrected chi connectivity index (χ4v) is 2.30. The van der Waals surface area contributed by atoms with Gasteiger partial charge in [-0.15, -0.1) is 6.42 Å². The molecule has 0 aliphatic heterocycles. The number of methoxy groups -OCH3 is 1. The SMILES string of the molecule is C#Cc1cccc(Nc2ncnc3cc(OC)c([N+](=O)[O-])cc23)c1. The summed E-state index contributed by atoms with van der Waals surface area (Å²) in [6.45, 7) is 0. The highest BCUT2D eigenvalue weighted by atomic mass is 16.6. The van der Waals surface area contributed by atoms with Crippen LogP contribution in [0.5, 0.6) is 5.75 Å². The molecule has 0 fully saturated rings. The molecule has 0 amide bonds. The van der Waals surface area contributed by atoms with Gasteiger partial charge < -0.3 is 10.1 Å². The molecule has 7 heteroatoms. The third-order valence-electron chi connectivity index (χ3n) is 3.42. The van der Waals surface area contributed by atoms with Crippen molar-refractivity contribution in [3.63, 3.8) is 0 Å². The summed E-state index contributed by atoms with van der Waals surface area (Å²) in [5, 5.41) is 14.8. The van der Waals surface area contributed by atoms with Gasteiger partial charge in [-0.05, 0) is 18.2 Å². The van der Waals surface area contributed by atoms with E-state index in [1.165, 1.54) is 25.6 Å². The first-order valence-electron chi connectivity index (χ1n) is 6.93. The van der Waals surface area contributed by atoms with Crippen molar-refractivity contribution in [2.75, 3.05) is 12.4 Å². The summed E-state index contributed by atoms with van der Waals surface area (Å²) in [5.74, 6) is 3.14. The largest absolute Gasteiger partial charge is 0.490 e. The smallest absolute Gasteiger partial charge is 0.311 e. The van der Waals surface area contributed by atoms with E-state index in [1.54, 1.807) is 12.1 Å². The fraction of sp³-hybridized carbons (Fsp3) is 0.0588. The van der Waals surface area contributed by atoms with Gasteiger partial charge in [0.05, 0.1) is 22.9 Å². The number of nitro benzene ring substituents is 1. The average molecular weight is 320 g/mol. The quantitative estimate of drug-likeness (QED) is 0.451. The van der Waals surface area contributed by atoms with Gasteiger partial charge in [-0.25, -0.2) is 9.97 Å². The molecule has 3 rings (SSSR count). The van der Waals surface area contributed by atoms with Crippen molar-refractivity contribution in [3.8, 4) is 18.1 Å². The van der Waals surface area contributed by atoms with Crippen molar-refractivity contribution in [3.05, 3.63) is 58.4 Å². The van der Waals surface area contributed by atoms with Crippen molar-refractivity contribution in [2.24, 2.45) is 0 Å². The molecule has 1 aromatic heterocycles. The lowest BCUT2D eigenvalue weighted by Crippen LogP contribution is -1.99. The highest BCUT2D eigenvalue weighted by Gasteiger charge is 2.18. The van der Waals surface area contributed by atoms with E-state index < -0.39 is 4.92 Å². The lowest BCUT2D eigenvalue weighted by Gasteiger charge is -2.10. The summed E-state index contributed by atoms with van der Waals surface area (Å²) < 4.78 is 5.06. The molecule has 0 saturated heterocycles. The van der Waals surface area contributed by atoms with Crippen LogP contribution < -0.4 is 10.1 Å². The zero-order chi connectivity index (χ0) is 17.1. The second kappa shape index (κ2) is 6.22. The number of nitrogens with one attached hydrogen (secondary N) is 1. The molecule has 7 nitrogen and oxygen atoms in total. The molecule has 3 aromatic rings. The van der Waals surface area contributed by atoms with Crippen LogP contribution in [-0.2, 0) is 0 Å². The Bertz CT molecular complexity index is 979. The zero-order valence-corrected chi connectivity index (χ0v) is 12.7. The van der Waals surface area contributed by atoms with Gasteiger partial charge in [-0.2, -0.15) is 0 Å². The van der Waals surface area contributed by atoms with Gasteiger partial charge in [-0.3, -0.25) is 10.1 Å². The van der Waals surface area contributed by atoms with Crippen LogP contribution in [0.1, 0.15) is 5.56 Å². The van der Waals surface area contributed by atoms with Gasteiger partial charge in [0.15, 0.2) is 5.75 Å². The van der Waals surface area contributed by atoms with Crippen LogP contribution in [0, 0.1) is 22.5 Å². The Balaban J connectivity index is 2.12. The molecule has 0 saturated carbocycles. The number of nitrogens with zero attached hydrogens (tertiary/aromatic N) is 3. The van der Waals surface area contributed by atoms with Gasteiger partial charge in [-0.1, -0.05) is 12.0 Å². The Morgan fingerprint density at radius 3 is 2.83 bits per heavy atom. The van der Waals surface area contributed by atoms with Crippen molar-refractivity contribution in [2.45, 2.75) is 0 Å². The van der Waals surface area contributed by atoms with Crippen LogP contribution in [0.4, 0.5) is 17.2 Å². The number of hydrogen-bond acceptors (Lipinski definition) is 6. The van der Waals surface area contributed by atoms with E-state index in [0.29, 0.717) is 22.3 Å². The molecule has 118 valence electrons. The molecule has 1 heterocycles. The molecule has 0 aliphatic rings. The first-order chi connectivity index (χ1) is 11.6.